The summed E-state index contributed by atoms with van der Waals surface area (Å²) in [7, 11) is 0. The van der Waals surface area contributed by atoms with Crippen molar-refractivity contribution in [3.8, 4) is 11.4 Å². The Morgan fingerprint density at radius 2 is 1.86 bits per heavy atom. The Kier molecular flexibility index (Phi) is 5.98. The van der Waals surface area contributed by atoms with Gasteiger partial charge in [0.1, 0.15) is 0 Å². The Morgan fingerprint density at radius 3 is 2.61 bits per heavy atom. The second kappa shape index (κ2) is 8.80. The van der Waals surface area contributed by atoms with E-state index in [9.17, 15) is 0 Å². The van der Waals surface area contributed by atoms with Gasteiger partial charge in [-0.1, -0.05) is 43.7 Å². The molecular weight excluding hydrogens is 366 g/mol. The third-order valence-corrected chi connectivity index (χ3v) is 6.01. The van der Waals surface area contributed by atoms with E-state index < -0.39 is 0 Å². The number of hydrogen-bond acceptors (Lipinski definition) is 4. The van der Waals surface area contributed by atoms with Crippen molar-refractivity contribution >= 4 is 12.2 Å². The predicted octanol–water partition coefficient (Wildman–Crippen LogP) is 4.75. The molecule has 28 heavy (non-hydrogen) atoms. The molecule has 0 amide bonds. The van der Waals surface area contributed by atoms with E-state index in [0.717, 1.165) is 29.4 Å². The lowest BCUT2D eigenvalue weighted by atomic mass is 10.0. The van der Waals surface area contributed by atoms with Gasteiger partial charge in [-0.2, -0.15) is 5.10 Å². The molecule has 0 bridgehead atoms. The molecule has 3 heterocycles. The van der Waals surface area contributed by atoms with Crippen molar-refractivity contribution < 1.29 is 0 Å². The summed E-state index contributed by atoms with van der Waals surface area (Å²) in [5.41, 5.74) is 2.26. The summed E-state index contributed by atoms with van der Waals surface area (Å²) in [5.74, 6) is 0.904. The molecule has 0 radical (unpaired) electrons. The largest absolute Gasteiger partial charge is 0.295 e. The molecule has 1 aliphatic rings. The Labute approximate surface area is 171 Å². The van der Waals surface area contributed by atoms with Crippen LogP contribution in [0.4, 0.5) is 0 Å². The number of likely N-dealkylation sites (tertiary alicyclic amines) is 1. The fraction of sp³-hybridized carbons (Fsp3) is 0.409. The van der Waals surface area contributed by atoms with Gasteiger partial charge in [0, 0.05) is 30.5 Å². The Morgan fingerprint density at radius 1 is 1.07 bits per heavy atom. The van der Waals surface area contributed by atoms with Crippen LogP contribution in [0.2, 0.25) is 0 Å². The van der Waals surface area contributed by atoms with Crippen LogP contribution in [0.1, 0.15) is 38.2 Å². The number of nitrogens with zero attached hydrogens (tertiary/aromatic N) is 5. The van der Waals surface area contributed by atoms with E-state index >= 15 is 0 Å². The highest BCUT2D eigenvalue weighted by Gasteiger charge is 2.22. The zero-order valence-electron chi connectivity index (χ0n) is 16.4. The summed E-state index contributed by atoms with van der Waals surface area (Å²) in [6.45, 7) is 4.88. The number of hydrogen-bond donors (Lipinski definition) is 0. The first-order valence-electron chi connectivity index (χ1n) is 10.1. The van der Waals surface area contributed by atoms with Gasteiger partial charge < -0.3 is 0 Å². The van der Waals surface area contributed by atoms with E-state index in [1.807, 2.05) is 35.3 Å². The highest BCUT2D eigenvalue weighted by molar-refractivity contribution is 7.71. The molecule has 1 aliphatic heterocycles. The molecule has 1 saturated heterocycles. The minimum absolute atomic E-state index is 0.624. The van der Waals surface area contributed by atoms with Gasteiger partial charge in [0.15, 0.2) is 10.6 Å². The highest BCUT2D eigenvalue weighted by atomic mass is 32.1. The molecule has 1 fully saturated rings. The van der Waals surface area contributed by atoms with Crippen LogP contribution in [0.25, 0.3) is 11.4 Å². The van der Waals surface area contributed by atoms with E-state index in [-0.39, 0.29) is 0 Å². The molecule has 6 heteroatoms. The monoisotopic (exact) mass is 393 g/mol. The molecule has 0 unspecified atom stereocenters. The third-order valence-electron chi connectivity index (χ3n) is 5.58. The van der Waals surface area contributed by atoms with Crippen molar-refractivity contribution in [3.63, 3.8) is 0 Å². The van der Waals surface area contributed by atoms with Crippen molar-refractivity contribution in [1.29, 1.82) is 0 Å². The minimum Gasteiger partial charge on any atom is -0.295 e. The molecule has 0 N–H and O–H groups in total. The van der Waals surface area contributed by atoms with Crippen LogP contribution in [0.5, 0.6) is 0 Å². The molecule has 4 rings (SSSR count). The smallest absolute Gasteiger partial charge is 0.199 e. The standard InChI is InChI=1S/C22H27N5S/c1-2-20-10-6-7-15-25(20)17-27-22(28)26(16-18-8-4-3-5-9-18)21(24-27)19-11-13-23-14-12-19/h3-5,8-9,11-14,20H,2,6-7,10,15-17H2,1H3/t20-/m1/s1. The third kappa shape index (κ3) is 4.08. The van der Waals surface area contributed by atoms with Gasteiger partial charge in [-0.3, -0.25) is 14.5 Å². The van der Waals surface area contributed by atoms with Gasteiger partial charge in [-0.05, 0) is 49.2 Å². The second-order valence-electron chi connectivity index (χ2n) is 7.42. The zero-order chi connectivity index (χ0) is 19.3. The minimum atomic E-state index is 0.624. The summed E-state index contributed by atoms with van der Waals surface area (Å²) in [6, 6.07) is 15.1. The lowest BCUT2D eigenvalue weighted by molar-refractivity contribution is 0.100. The van der Waals surface area contributed by atoms with Gasteiger partial charge in [0.25, 0.3) is 0 Å². The summed E-state index contributed by atoms with van der Waals surface area (Å²) < 4.78 is 4.92. The molecule has 1 aromatic carbocycles. The molecule has 1 atom stereocenters. The second-order valence-corrected chi connectivity index (χ2v) is 7.79. The van der Waals surface area contributed by atoms with Crippen LogP contribution in [0.15, 0.2) is 54.9 Å². The number of piperidine rings is 1. The normalized spacial score (nSPS) is 17.7. The first-order chi connectivity index (χ1) is 13.8. The van der Waals surface area contributed by atoms with Crippen LogP contribution in [-0.4, -0.2) is 36.8 Å². The maximum Gasteiger partial charge on any atom is 0.199 e. The Bertz CT molecular complexity index is 948. The fourth-order valence-electron chi connectivity index (χ4n) is 4.04. The van der Waals surface area contributed by atoms with E-state index in [1.54, 1.807) is 0 Å². The number of pyridine rings is 1. The van der Waals surface area contributed by atoms with E-state index in [4.69, 9.17) is 17.3 Å². The molecular formula is C22H27N5S. The van der Waals surface area contributed by atoms with Gasteiger partial charge in [0.05, 0.1) is 13.2 Å². The number of aromatic nitrogens is 4. The van der Waals surface area contributed by atoms with Gasteiger partial charge in [-0.15, -0.1) is 0 Å². The molecule has 0 aliphatic carbocycles. The summed E-state index contributed by atoms with van der Waals surface area (Å²) in [6.07, 6.45) is 8.64. The summed E-state index contributed by atoms with van der Waals surface area (Å²) in [4.78, 5) is 6.69. The maximum absolute atomic E-state index is 5.88. The Balaban J connectivity index is 1.70. The van der Waals surface area contributed by atoms with Crippen LogP contribution >= 0.6 is 12.2 Å². The molecule has 0 saturated carbocycles. The molecule has 146 valence electrons. The van der Waals surface area contributed by atoms with Gasteiger partial charge >= 0.3 is 0 Å². The van der Waals surface area contributed by atoms with Crippen molar-refractivity contribution in [2.45, 2.75) is 51.9 Å². The Hall–Kier alpha value is -2.31. The first-order valence-corrected chi connectivity index (χ1v) is 10.5. The number of benzene rings is 1. The quantitative estimate of drug-likeness (QED) is 0.567. The molecule has 3 aromatic rings. The SMILES string of the molecule is CC[C@@H]1CCCCN1Cn1nc(-c2ccncc2)n(Cc2ccccc2)c1=S. The average molecular weight is 394 g/mol. The van der Waals surface area contributed by atoms with Crippen molar-refractivity contribution in [1.82, 2.24) is 24.2 Å². The van der Waals surface area contributed by atoms with Gasteiger partial charge in [0.2, 0.25) is 0 Å². The van der Waals surface area contributed by atoms with Crippen molar-refractivity contribution in [2.24, 2.45) is 0 Å². The maximum atomic E-state index is 5.88. The van der Waals surface area contributed by atoms with E-state index in [2.05, 4.69) is 45.6 Å². The fourth-order valence-corrected chi connectivity index (χ4v) is 4.29. The van der Waals surface area contributed by atoms with Crippen molar-refractivity contribution in [2.75, 3.05) is 6.54 Å². The zero-order valence-corrected chi connectivity index (χ0v) is 17.2. The summed E-state index contributed by atoms with van der Waals surface area (Å²) >= 11 is 5.88. The van der Waals surface area contributed by atoms with Crippen molar-refractivity contribution in [3.05, 3.63) is 65.2 Å². The molecule has 5 nitrogen and oxygen atoms in total. The van der Waals surface area contributed by atoms with E-state index in [1.165, 1.54) is 31.2 Å². The lowest BCUT2D eigenvalue weighted by Crippen LogP contribution is -2.40. The van der Waals surface area contributed by atoms with Crippen LogP contribution in [-0.2, 0) is 13.2 Å². The van der Waals surface area contributed by atoms with Crippen LogP contribution in [0, 0.1) is 4.77 Å². The summed E-state index contributed by atoms with van der Waals surface area (Å²) in [5, 5.41) is 4.95. The highest BCUT2D eigenvalue weighted by Crippen LogP contribution is 2.23. The lowest BCUT2D eigenvalue weighted by Gasteiger charge is -2.34. The van der Waals surface area contributed by atoms with E-state index in [0.29, 0.717) is 12.6 Å². The van der Waals surface area contributed by atoms with Crippen LogP contribution < -0.4 is 0 Å². The predicted molar refractivity (Wildman–Crippen MR) is 114 cm³/mol. The topological polar surface area (TPSA) is 38.9 Å². The van der Waals surface area contributed by atoms with Gasteiger partial charge in [-0.25, -0.2) is 4.68 Å². The molecule has 0 spiro atoms. The van der Waals surface area contributed by atoms with Crippen LogP contribution in [0.3, 0.4) is 0 Å². The first kappa shape index (κ1) is 19.0. The molecule has 2 aromatic heterocycles. The average Bonchev–Trinajstić information content (AvgIpc) is 3.05. The number of rotatable bonds is 6.